The van der Waals surface area contributed by atoms with Gasteiger partial charge >= 0.3 is 0 Å². The average Bonchev–Trinajstić information content (AvgIpc) is 2.95. The van der Waals surface area contributed by atoms with E-state index in [0.717, 1.165) is 31.0 Å². The van der Waals surface area contributed by atoms with Gasteiger partial charge in [-0.15, -0.1) is 0 Å². The second kappa shape index (κ2) is 6.61. The van der Waals surface area contributed by atoms with Crippen LogP contribution < -0.4 is 0 Å². The number of benzene rings is 1. The van der Waals surface area contributed by atoms with Crippen LogP contribution in [-0.4, -0.2) is 38.9 Å². The molecule has 0 aliphatic carbocycles. The highest BCUT2D eigenvalue weighted by Gasteiger charge is 2.28. The molecule has 1 aliphatic rings. The van der Waals surface area contributed by atoms with E-state index in [-0.39, 0.29) is 23.6 Å². The largest absolute Gasteiger partial charge is 0.368 e. The van der Waals surface area contributed by atoms with Gasteiger partial charge in [0, 0.05) is 13.1 Å². The van der Waals surface area contributed by atoms with Gasteiger partial charge in [-0.05, 0) is 45.4 Å². The summed E-state index contributed by atoms with van der Waals surface area (Å²) in [5.41, 5.74) is 0.908. The first-order chi connectivity index (χ1) is 11.3. The third-order valence-corrected chi connectivity index (χ3v) is 4.20. The van der Waals surface area contributed by atoms with E-state index in [1.807, 2.05) is 4.68 Å². The Morgan fingerprint density at radius 3 is 2.58 bits per heavy atom. The molecule has 5 nitrogen and oxygen atoms in total. The fourth-order valence-electron chi connectivity index (χ4n) is 3.16. The Bertz CT molecular complexity index is 677. The van der Waals surface area contributed by atoms with Gasteiger partial charge in [0.05, 0.1) is 24.3 Å². The summed E-state index contributed by atoms with van der Waals surface area (Å²) in [5.74, 6) is 0.729. The molecule has 0 saturated carbocycles. The van der Waals surface area contributed by atoms with Crippen molar-refractivity contribution in [3.8, 4) is 0 Å². The molecular formula is C18H25FN4O. The van der Waals surface area contributed by atoms with Crippen LogP contribution in [0, 0.1) is 5.82 Å². The Hall–Kier alpha value is -1.79. The minimum atomic E-state index is -0.224. The van der Waals surface area contributed by atoms with Crippen LogP contribution in [0.15, 0.2) is 30.6 Å². The molecule has 6 heteroatoms. The zero-order chi connectivity index (χ0) is 17.3. The van der Waals surface area contributed by atoms with Gasteiger partial charge < -0.3 is 4.74 Å². The molecule has 1 fully saturated rings. The molecule has 0 bridgehead atoms. The number of morpholine rings is 1. The van der Waals surface area contributed by atoms with Gasteiger partial charge in [-0.25, -0.2) is 14.1 Å². The molecule has 1 saturated heterocycles. The summed E-state index contributed by atoms with van der Waals surface area (Å²) in [6.07, 6.45) is 1.67. The van der Waals surface area contributed by atoms with E-state index >= 15 is 0 Å². The summed E-state index contributed by atoms with van der Waals surface area (Å²) in [7, 11) is 0. The Kier molecular flexibility index (Phi) is 4.69. The first kappa shape index (κ1) is 17.0. The summed E-state index contributed by atoms with van der Waals surface area (Å²) < 4.78 is 21.2. The Labute approximate surface area is 142 Å². The van der Waals surface area contributed by atoms with E-state index in [0.29, 0.717) is 0 Å². The molecule has 0 radical (unpaired) electrons. The first-order valence-corrected chi connectivity index (χ1v) is 8.35. The Morgan fingerprint density at radius 1 is 1.21 bits per heavy atom. The molecular weight excluding hydrogens is 307 g/mol. The van der Waals surface area contributed by atoms with Crippen molar-refractivity contribution >= 4 is 0 Å². The van der Waals surface area contributed by atoms with E-state index in [1.54, 1.807) is 18.5 Å². The first-order valence-electron chi connectivity index (χ1n) is 8.35. The molecule has 1 aromatic carbocycles. The number of aromatic nitrogens is 3. The summed E-state index contributed by atoms with van der Waals surface area (Å²) in [6.45, 7) is 10.7. The van der Waals surface area contributed by atoms with E-state index in [4.69, 9.17) is 4.74 Å². The molecule has 0 spiro atoms. The monoisotopic (exact) mass is 332 g/mol. The van der Waals surface area contributed by atoms with Crippen LogP contribution in [0.4, 0.5) is 4.39 Å². The predicted octanol–water partition coefficient (Wildman–Crippen LogP) is 3.13. The smallest absolute Gasteiger partial charge is 0.141 e. The fourth-order valence-corrected chi connectivity index (χ4v) is 3.16. The Balaban J connectivity index is 1.75. The molecule has 24 heavy (non-hydrogen) atoms. The van der Waals surface area contributed by atoms with Gasteiger partial charge in [-0.3, -0.25) is 4.90 Å². The molecule has 2 heterocycles. The van der Waals surface area contributed by atoms with Crippen LogP contribution in [0.3, 0.4) is 0 Å². The van der Waals surface area contributed by atoms with Gasteiger partial charge in [0.1, 0.15) is 18.0 Å². The Morgan fingerprint density at radius 2 is 1.92 bits per heavy atom. The zero-order valence-electron chi connectivity index (χ0n) is 14.7. The number of nitrogens with zero attached hydrogens (tertiary/aromatic N) is 4. The van der Waals surface area contributed by atoms with E-state index < -0.39 is 0 Å². The summed E-state index contributed by atoms with van der Waals surface area (Å²) in [4.78, 5) is 6.76. The van der Waals surface area contributed by atoms with E-state index in [9.17, 15) is 4.39 Å². The lowest BCUT2D eigenvalue weighted by atomic mass is 10.1. The summed E-state index contributed by atoms with van der Waals surface area (Å²) in [6, 6.07) is 6.57. The lowest BCUT2D eigenvalue weighted by Gasteiger charge is -2.37. The molecule has 0 amide bonds. The molecule has 3 rings (SSSR count). The molecule has 2 aromatic rings. The third kappa shape index (κ3) is 3.82. The lowest BCUT2D eigenvalue weighted by molar-refractivity contribution is -0.0824. The van der Waals surface area contributed by atoms with Crippen molar-refractivity contribution in [2.45, 2.75) is 52.0 Å². The van der Waals surface area contributed by atoms with Crippen LogP contribution in [0.1, 0.15) is 45.2 Å². The van der Waals surface area contributed by atoms with Crippen molar-refractivity contribution in [2.75, 3.05) is 13.1 Å². The van der Waals surface area contributed by atoms with Crippen molar-refractivity contribution in [1.29, 1.82) is 0 Å². The van der Waals surface area contributed by atoms with Crippen LogP contribution in [0.2, 0.25) is 0 Å². The van der Waals surface area contributed by atoms with Crippen molar-refractivity contribution in [2.24, 2.45) is 0 Å². The maximum atomic E-state index is 13.1. The number of hydrogen-bond acceptors (Lipinski definition) is 4. The van der Waals surface area contributed by atoms with E-state index in [1.165, 1.54) is 12.1 Å². The maximum absolute atomic E-state index is 13.1. The van der Waals surface area contributed by atoms with Crippen molar-refractivity contribution in [3.63, 3.8) is 0 Å². The van der Waals surface area contributed by atoms with Gasteiger partial charge in [0.25, 0.3) is 0 Å². The third-order valence-electron chi connectivity index (χ3n) is 4.20. The molecule has 2 atom stereocenters. The van der Waals surface area contributed by atoms with E-state index in [2.05, 4.69) is 42.7 Å². The standard InChI is InChI=1S/C18H25FN4O/c1-13-9-22(11-17-20-12-21-23(17)18(2,3)4)10-16(24-13)14-5-7-15(19)8-6-14/h5-8,12-13,16H,9-11H2,1-4H3/t13-,16+/m0/s1. The minimum Gasteiger partial charge on any atom is -0.368 e. The number of rotatable bonds is 3. The quantitative estimate of drug-likeness (QED) is 0.866. The zero-order valence-corrected chi connectivity index (χ0v) is 14.7. The number of halogens is 1. The van der Waals surface area contributed by atoms with Gasteiger partial charge in [-0.1, -0.05) is 12.1 Å². The lowest BCUT2D eigenvalue weighted by Crippen LogP contribution is -2.43. The molecule has 130 valence electrons. The van der Waals surface area contributed by atoms with Gasteiger partial charge in [0.15, 0.2) is 0 Å². The average molecular weight is 332 g/mol. The number of ether oxygens (including phenoxy) is 1. The SMILES string of the molecule is C[C@H]1CN(Cc2ncnn2C(C)(C)C)C[C@H](c2ccc(F)cc2)O1. The highest BCUT2D eigenvalue weighted by Crippen LogP contribution is 2.26. The predicted molar refractivity (Wildman–Crippen MR) is 90.0 cm³/mol. The fraction of sp³-hybridized carbons (Fsp3) is 0.556. The van der Waals surface area contributed by atoms with Crippen molar-refractivity contribution in [3.05, 3.63) is 47.8 Å². The second-order valence-corrected chi connectivity index (χ2v) is 7.44. The highest BCUT2D eigenvalue weighted by atomic mass is 19.1. The van der Waals surface area contributed by atoms with Crippen LogP contribution >= 0.6 is 0 Å². The number of hydrogen-bond donors (Lipinski definition) is 0. The van der Waals surface area contributed by atoms with Crippen LogP contribution in [-0.2, 0) is 16.8 Å². The maximum Gasteiger partial charge on any atom is 0.141 e. The van der Waals surface area contributed by atoms with Crippen molar-refractivity contribution < 1.29 is 9.13 Å². The molecule has 1 aromatic heterocycles. The molecule has 0 N–H and O–H groups in total. The van der Waals surface area contributed by atoms with Crippen LogP contribution in [0.25, 0.3) is 0 Å². The minimum absolute atomic E-state index is 0.0552. The molecule has 0 unspecified atom stereocenters. The highest BCUT2D eigenvalue weighted by molar-refractivity contribution is 5.19. The van der Waals surface area contributed by atoms with Crippen LogP contribution in [0.5, 0.6) is 0 Å². The van der Waals surface area contributed by atoms with Gasteiger partial charge in [-0.2, -0.15) is 5.10 Å². The normalized spacial score (nSPS) is 22.7. The van der Waals surface area contributed by atoms with Gasteiger partial charge in [0.2, 0.25) is 0 Å². The topological polar surface area (TPSA) is 43.2 Å². The summed E-state index contributed by atoms with van der Waals surface area (Å²) in [5, 5.41) is 4.36. The van der Waals surface area contributed by atoms with Crippen molar-refractivity contribution in [1.82, 2.24) is 19.7 Å². The second-order valence-electron chi connectivity index (χ2n) is 7.44. The molecule has 1 aliphatic heterocycles. The summed E-state index contributed by atoms with van der Waals surface area (Å²) >= 11 is 0.